The summed E-state index contributed by atoms with van der Waals surface area (Å²) < 4.78 is 4.77. The van der Waals surface area contributed by atoms with Crippen molar-refractivity contribution in [2.24, 2.45) is 0 Å². The summed E-state index contributed by atoms with van der Waals surface area (Å²) >= 11 is 0. The van der Waals surface area contributed by atoms with Crippen LogP contribution in [0.1, 0.15) is 134 Å². The minimum absolute atomic E-state index is 0.479. The third-order valence-electron chi connectivity index (χ3n) is 6.47. The van der Waals surface area contributed by atoms with Gasteiger partial charge in [0, 0.05) is 0 Å². The van der Waals surface area contributed by atoms with Crippen molar-refractivity contribution in [1.29, 1.82) is 0 Å². The molecule has 2 N–H and O–H groups in total. The van der Waals surface area contributed by atoms with Gasteiger partial charge in [-0.25, -0.2) is 0 Å². The van der Waals surface area contributed by atoms with Crippen LogP contribution in [0.25, 0.3) is 0 Å². The van der Waals surface area contributed by atoms with Gasteiger partial charge in [-0.2, -0.15) is 0 Å². The maximum atomic E-state index is 8.65. The predicted octanol–water partition coefficient (Wildman–Crippen LogP) is 9.04. The van der Waals surface area contributed by atoms with Crippen molar-refractivity contribution in [3.8, 4) is 0 Å². The molecule has 32 heavy (non-hydrogen) atoms. The van der Waals surface area contributed by atoms with Gasteiger partial charge in [0.2, 0.25) is 0 Å². The second kappa shape index (κ2) is 22.3. The highest BCUT2D eigenvalue weighted by Gasteiger charge is 2.02. The Labute approximate surface area is 200 Å². The first-order valence-corrected chi connectivity index (χ1v) is 14.8. The molecule has 0 unspecified atom stereocenters. The van der Waals surface area contributed by atoms with Crippen LogP contribution in [0.5, 0.6) is 0 Å². The molecule has 1 aromatic carbocycles. The Morgan fingerprint density at radius 2 is 0.938 bits per heavy atom. The molecule has 3 nitrogen and oxygen atoms in total. The molecule has 0 amide bonds. The summed E-state index contributed by atoms with van der Waals surface area (Å²) in [5.41, 5.74) is 3.18. The lowest BCUT2D eigenvalue weighted by atomic mass is 9.97. The second-order valence-corrected chi connectivity index (χ2v) is 10.1. The van der Waals surface area contributed by atoms with Gasteiger partial charge in [0.05, 0.1) is 6.61 Å². The van der Waals surface area contributed by atoms with Crippen LogP contribution >= 0.6 is 8.60 Å². The van der Waals surface area contributed by atoms with Crippen LogP contribution in [0, 0.1) is 0 Å². The third kappa shape index (κ3) is 18.0. The van der Waals surface area contributed by atoms with E-state index in [-0.39, 0.29) is 0 Å². The van der Waals surface area contributed by atoms with E-state index in [0.29, 0.717) is 6.61 Å². The molecule has 0 spiro atoms. The van der Waals surface area contributed by atoms with E-state index in [1.807, 2.05) is 0 Å². The van der Waals surface area contributed by atoms with Crippen LogP contribution in [0.4, 0.5) is 0 Å². The van der Waals surface area contributed by atoms with Gasteiger partial charge in [0.25, 0.3) is 0 Å². The van der Waals surface area contributed by atoms with E-state index in [2.05, 4.69) is 31.2 Å². The molecule has 1 aromatic rings. The average Bonchev–Trinajstić information content (AvgIpc) is 2.79. The lowest BCUT2D eigenvalue weighted by molar-refractivity contribution is 0.248. The number of unbranched alkanes of at least 4 members (excludes halogenated alkanes) is 16. The fourth-order valence-corrected chi connectivity index (χ4v) is 4.74. The number of aryl methyl sites for hydroxylation is 2. The summed E-state index contributed by atoms with van der Waals surface area (Å²) in [6.45, 7) is 2.76. The zero-order valence-electron chi connectivity index (χ0n) is 20.9. The Balaban J connectivity index is 1.80. The van der Waals surface area contributed by atoms with Crippen molar-refractivity contribution in [1.82, 2.24) is 0 Å². The van der Waals surface area contributed by atoms with Crippen LogP contribution in [0.2, 0.25) is 0 Å². The van der Waals surface area contributed by atoms with Gasteiger partial charge in [-0.1, -0.05) is 128 Å². The SMILES string of the molecule is CCCCc1ccccc1CCCCCCCCCCCCCCCCCCOP(O)O. The minimum atomic E-state index is -2.16. The Kier molecular flexibility index (Phi) is 20.6. The van der Waals surface area contributed by atoms with Crippen molar-refractivity contribution in [3.63, 3.8) is 0 Å². The first-order valence-electron chi connectivity index (χ1n) is 13.6. The Morgan fingerprint density at radius 3 is 1.34 bits per heavy atom. The minimum Gasteiger partial charge on any atom is -0.328 e. The van der Waals surface area contributed by atoms with E-state index < -0.39 is 8.60 Å². The van der Waals surface area contributed by atoms with Gasteiger partial charge in [-0.15, -0.1) is 0 Å². The van der Waals surface area contributed by atoms with Crippen LogP contribution in [0.3, 0.4) is 0 Å². The van der Waals surface area contributed by atoms with Crippen molar-refractivity contribution >= 4 is 8.60 Å². The van der Waals surface area contributed by atoms with Crippen LogP contribution in [0.15, 0.2) is 24.3 Å². The predicted molar refractivity (Wildman–Crippen MR) is 140 cm³/mol. The summed E-state index contributed by atoms with van der Waals surface area (Å²) in [5, 5.41) is 0. The molecule has 0 aliphatic rings. The average molecular weight is 467 g/mol. The molecule has 1 rings (SSSR count). The Bertz CT molecular complexity index is 521. The van der Waals surface area contributed by atoms with E-state index >= 15 is 0 Å². The molecular formula is C28H51O3P. The zero-order valence-corrected chi connectivity index (χ0v) is 21.8. The van der Waals surface area contributed by atoms with Crippen molar-refractivity contribution in [3.05, 3.63) is 35.4 Å². The molecular weight excluding hydrogens is 415 g/mol. The fourth-order valence-electron chi connectivity index (χ4n) is 4.45. The van der Waals surface area contributed by atoms with Crippen molar-refractivity contribution < 1.29 is 14.3 Å². The lowest BCUT2D eigenvalue weighted by Gasteiger charge is -2.09. The second-order valence-electron chi connectivity index (χ2n) is 9.37. The quantitative estimate of drug-likeness (QED) is 0.125. The molecule has 0 aliphatic carbocycles. The third-order valence-corrected chi connectivity index (χ3v) is 6.88. The lowest BCUT2D eigenvalue weighted by Crippen LogP contribution is -1.95. The number of benzene rings is 1. The highest BCUT2D eigenvalue weighted by Crippen LogP contribution is 2.24. The van der Waals surface area contributed by atoms with Crippen LogP contribution < -0.4 is 0 Å². The molecule has 4 heteroatoms. The molecule has 0 heterocycles. The van der Waals surface area contributed by atoms with Gasteiger partial charge in [0.15, 0.2) is 0 Å². The monoisotopic (exact) mass is 466 g/mol. The number of hydrogen-bond acceptors (Lipinski definition) is 3. The standard InChI is InChI=1S/C28H51O3P/c1-2-3-22-27-24-19-20-25-28(27)23-18-16-14-12-10-8-6-4-5-7-9-11-13-15-17-21-26-31-32(29)30/h19-20,24-25,29-30H,2-18,21-23,26H2,1H3. The first-order chi connectivity index (χ1) is 15.7. The maximum Gasteiger partial charge on any atom is 0.327 e. The Morgan fingerprint density at radius 1 is 0.562 bits per heavy atom. The first kappa shape index (κ1) is 29.6. The van der Waals surface area contributed by atoms with Gasteiger partial charge < -0.3 is 14.3 Å². The number of rotatable bonds is 23. The summed E-state index contributed by atoms with van der Waals surface area (Å²) in [4.78, 5) is 17.3. The summed E-state index contributed by atoms with van der Waals surface area (Å²) in [6.07, 6.45) is 26.5. The maximum absolute atomic E-state index is 8.65. The van der Waals surface area contributed by atoms with Crippen LogP contribution in [-0.4, -0.2) is 16.4 Å². The molecule has 0 aliphatic heterocycles. The molecule has 0 aromatic heterocycles. The van der Waals surface area contributed by atoms with E-state index in [9.17, 15) is 0 Å². The topological polar surface area (TPSA) is 49.7 Å². The highest BCUT2D eigenvalue weighted by atomic mass is 31.2. The normalized spacial score (nSPS) is 11.5. The van der Waals surface area contributed by atoms with Gasteiger partial charge >= 0.3 is 8.60 Å². The molecule has 0 radical (unpaired) electrons. The zero-order chi connectivity index (χ0) is 23.1. The smallest absolute Gasteiger partial charge is 0.327 e. The van der Waals surface area contributed by atoms with Crippen molar-refractivity contribution in [2.45, 2.75) is 135 Å². The number of hydrogen-bond donors (Lipinski definition) is 2. The highest BCUT2D eigenvalue weighted by molar-refractivity contribution is 7.39. The van der Waals surface area contributed by atoms with Gasteiger partial charge in [-0.05, 0) is 43.2 Å². The molecule has 0 atom stereocenters. The van der Waals surface area contributed by atoms with E-state index in [4.69, 9.17) is 14.3 Å². The molecule has 0 saturated heterocycles. The van der Waals surface area contributed by atoms with Crippen molar-refractivity contribution in [2.75, 3.05) is 6.61 Å². The fraction of sp³-hybridized carbons (Fsp3) is 0.786. The van der Waals surface area contributed by atoms with E-state index in [0.717, 1.165) is 12.8 Å². The molecule has 0 fully saturated rings. The Hall–Kier alpha value is -0.470. The summed E-state index contributed by atoms with van der Waals surface area (Å²) in [7, 11) is -2.16. The van der Waals surface area contributed by atoms with E-state index in [1.165, 1.54) is 116 Å². The van der Waals surface area contributed by atoms with Crippen LogP contribution in [-0.2, 0) is 17.4 Å². The van der Waals surface area contributed by atoms with Gasteiger partial charge in [0.1, 0.15) is 0 Å². The largest absolute Gasteiger partial charge is 0.328 e. The molecule has 186 valence electrons. The van der Waals surface area contributed by atoms with Gasteiger partial charge in [-0.3, -0.25) is 0 Å². The molecule has 0 saturated carbocycles. The molecule has 0 bridgehead atoms. The summed E-state index contributed by atoms with van der Waals surface area (Å²) in [5.74, 6) is 0. The summed E-state index contributed by atoms with van der Waals surface area (Å²) in [6, 6.07) is 9.08. The van der Waals surface area contributed by atoms with E-state index in [1.54, 1.807) is 11.1 Å².